The molecule has 1 saturated heterocycles. The molecule has 0 spiro atoms. The van der Waals surface area contributed by atoms with Gasteiger partial charge in [0.1, 0.15) is 5.73 Å². The Hall–Kier alpha value is -2.06. The summed E-state index contributed by atoms with van der Waals surface area (Å²) >= 11 is 0. The second-order valence-electron chi connectivity index (χ2n) is 6.72. The molecule has 3 heterocycles. The second-order valence-corrected chi connectivity index (χ2v) is 6.72. The zero-order valence-corrected chi connectivity index (χ0v) is 14.2. The van der Waals surface area contributed by atoms with Crippen molar-refractivity contribution >= 4 is 7.12 Å². The zero-order valence-electron chi connectivity index (χ0n) is 14.2. The molecule has 2 aromatic heterocycles. The molecule has 6 nitrogen and oxygen atoms in total. The van der Waals surface area contributed by atoms with E-state index in [9.17, 15) is 4.39 Å². The van der Waals surface area contributed by atoms with Gasteiger partial charge < -0.3 is 9.31 Å². The van der Waals surface area contributed by atoms with Gasteiger partial charge in [0.15, 0.2) is 0 Å². The fraction of sp³-hybridized carbons (Fsp3) is 0.438. The SMILES string of the molecule is CC1(C)OB(C(F)=CCn2cc(-c3cnccn3)cn2)OC1(C)C. The van der Waals surface area contributed by atoms with Gasteiger partial charge in [-0.25, -0.2) is 4.39 Å². The molecule has 0 unspecified atom stereocenters. The summed E-state index contributed by atoms with van der Waals surface area (Å²) in [6, 6.07) is 0. The molecule has 1 aliphatic heterocycles. The van der Waals surface area contributed by atoms with Crippen molar-refractivity contribution in [2.75, 3.05) is 0 Å². The third kappa shape index (κ3) is 3.25. The Kier molecular flexibility index (Phi) is 4.27. The number of hydrogen-bond donors (Lipinski definition) is 0. The van der Waals surface area contributed by atoms with E-state index >= 15 is 0 Å². The Labute approximate surface area is 140 Å². The van der Waals surface area contributed by atoms with E-state index in [4.69, 9.17) is 9.31 Å². The summed E-state index contributed by atoms with van der Waals surface area (Å²) in [5, 5.41) is 4.20. The molecule has 1 aliphatic rings. The van der Waals surface area contributed by atoms with E-state index in [1.165, 1.54) is 6.08 Å². The van der Waals surface area contributed by atoms with Crippen LogP contribution in [0.1, 0.15) is 27.7 Å². The van der Waals surface area contributed by atoms with Crippen LogP contribution in [-0.4, -0.2) is 38.1 Å². The quantitative estimate of drug-likeness (QED) is 0.807. The summed E-state index contributed by atoms with van der Waals surface area (Å²) in [7, 11) is -0.981. The molecule has 0 aromatic carbocycles. The van der Waals surface area contributed by atoms with Crippen molar-refractivity contribution in [2.24, 2.45) is 0 Å². The summed E-state index contributed by atoms with van der Waals surface area (Å²) in [6.07, 6.45) is 9.75. The van der Waals surface area contributed by atoms with Gasteiger partial charge in [-0.1, -0.05) is 0 Å². The van der Waals surface area contributed by atoms with Gasteiger partial charge in [-0.15, -0.1) is 0 Å². The molecule has 0 aliphatic carbocycles. The van der Waals surface area contributed by atoms with Gasteiger partial charge in [-0.05, 0) is 33.8 Å². The number of rotatable bonds is 4. The maximum Gasteiger partial charge on any atom is 0.524 e. The van der Waals surface area contributed by atoms with Crippen LogP contribution in [0.2, 0.25) is 0 Å². The van der Waals surface area contributed by atoms with Crippen molar-refractivity contribution in [3.63, 3.8) is 0 Å². The fourth-order valence-corrected chi connectivity index (χ4v) is 2.28. The van der Waals surface area contributed by atoms with Crippen LogP contribution in [0.25, 0.3) is 11.3 Å². The normalized spacial score (nSPS) is 19.7. The number of aromatic nitrogens is 4. The Morgan fingerprint density at radius 2 is 1.92 bits per heavy atom. The Bertz CT molecular complexity index is 730. The first-order chi connectivity index (χ1) is 11.3. The highest BCUT2D eigenvalue weighted by molar-refractivity contribution is 6.53. The predicted octanol–water partition coefficient (Wildman–Crippen LogP) is 2.82. The highest BCUT2D eigenvalue weighted by Crippen LogP contribution is 2.38. The minimum atomic E-state index is -0.981. The summed E-state index contributed by atoms with van der Waals surface area (Å²) in [5.41, 5.74) is -0.0293. The summed E-state index contributed by atoms with van der Waals surface area (Å²) in [4.78, 5) is 8.23. The fourth-order valence-electron chi connectivity index (χ4n) is 2.28. The monoisotopic (exact) mass is 330 g/mol. The van der Waals surface area contributed by atoms with Crippen LogP contribution < -0.4 is 0 Å². The van der Waals surface area contributed by atoms with Crippen LogP contribution >= 0.6 is 0 Å². The standard InChI is InChI=1S/C16H20BFN4O2/c1-15(2)16(3,4)24-17(23-15)14(18)5-8-22-11-12(9-21-22)13-10-19-6-7-20-13/h5-7,9-11H,8H2,1-4H3. The van der Waals surface area contributed by atoms with Crippen LogP contribution in [0.4, 0.5) is 4.39 Å². The zero-order chi connectivity index (χ0) is 17.4. The van der Waals surface area contributed by atoms with Crippen molar-refractivity contribution in [3.05, 3.63) is 42.8 Å². The largest absolute Gasteiger partial charge is 0.524 e. The molecular formula is C16H20BFN4O2. The molecular weight excluding hydrogens is 310 g/mol. The summed E-state index contributed by atoms with van der Waals surface area (Å²) < 4.78 is 27.3. The van der Waals surface area contributed by atoms with Gasteiger partial charge >= 0.3 is 7.12 Å². The van der Waals surface area contributed by atoms with Crippen molar-refractivity contribution in [3.8, 4) is 11.3 Å². The van der Waals surface area contributed by atoms with Crippen LogP contribution in [0.5, 0.6) is 0 Å². The number of nitrogens with zero attached hydrogens (tertiary/aromatic N) is 4. The Morgan fingerprint density at radius 1 is 1.21 bits per heavy atom. The third-order valence-corrected chi connectivity index (χ3v) is 4.44. The van der Waals surface area contributed by atoms with E-state index in [-0.39, 0.29) is 6.54 Å². The van der Waals surface area contributed by atoms with E-state index in [1.807, 2.05) is 27.7 Å². The lowest BCUT2D eigenvalue weighted by atomic mass is 9.88. The van der Waals surface area contributed by atoms with E-state index in [1.54, 1.807) is 35.7 Å². The van der Waals surface area contributed by atoms with Crippen molar-refractivity contribution in [1.29, 1.82) is 0 Å². The number of allylic oxidation sites excluding steroid dienone is 1. The Balaban J connectivity index is 1.67. The lowest BCUT2D eigenvalue weighted by Gasteiger charge is -2.32. The summed E-state index contributed by atoms with van der Waals surface area (Å²) in [5.74, 6) is 0. The van der Waals surface area contributed by atoms with Crippen LogP contribution in [0.3, 0.4) is 0 Å². The van der Waals surface area contributed by atoms with Crippen LogP contribution in [0, 0.1) is 0 Å². The molecule has 2 aromatic rings. The minimum Gasteiger partial charge on any atom is -0.398 e. The first-order valence-electron chi connectivity index (χ1n) is 7.78. The lowest BCUT2D eigenvalue weighted by molar-refractivity contribution is 0.00578. The highest BCUT2D eigenvalue weighted by Gasteiger charge is 2.52. The average Bonchev–Trinajstić information content (AvgIpc) is 3.08. The van der Waals surface area contributed by atoms with Crippen LogP contribution in [0.15, 0.2) is 42.8 Å². The summed E-state index contributed by atoms with van der Waals surface area (Å²) in [6.45, 7) is 7.83. The van der Waals surface area contributed by atoms with E-state index in [2.05, 4.69) is 15.1 Å². The number of halogens is 1. The topological polar surface area (TPSA) is 62.1 Å². The molecule has 126 valence electrons. The van der Waals surface area contributed by atoms with Gasteiger partial charge in [0.25, 0.3) is 0 Å². The Morgan fingerprint density at radius 3 is 2.54 bits per heavy atom. The molecule has 0 bridgehead atoms. The van der Waals surface area contributed by atoms with Gasteiger partial charge in [0.2, 0.25) is 0 Å². The molecule has 0 N–H and O–H groups in total. The molecule has 0 radical (unpaired) electrons. The molecule has 1 fully saturated rings. The van der Waals surface area contributed by atoms with Gasteiger partial charge in [-0.3, -0.25) is 14.6 Å². The third-order valence-electron chi connectivity index (χ3n) is 4.44. The van der Waals surface area contributed by atoms with Gasteiger partial charge in [-0.2, -0.15) is 5.10 Å². The first-order valence-corrected chi connectivity index (χ1v) is 7.78. The first kappa shape index (κ1) is 16.8. The van der Waals surface area contributed by atoms with E-state index in [0.29, 0.717) is 0 Å². The average molecular weight is 330 g/mol. The van der Waals surface area contributed by atoms with Crippen LogP contribution in [-0.2, 0) is 15.9 Å². The van der Waals surface area contributed by atoms with E-state index in [0.717, 1.165) is 11.3 Å². The minimum absolute atomic E-state index is 0.274. The van der Waals surface area contributed by atoms with Gasteiger partial charge in [0, 0.05) is 24.2 Å². The maximum atomic E-state index is 14.4. The molecule has 0 atom stereocenters. The second kappa shape index (κ2) is 6.10. The van der Waals surface area contributed by atoms with Gasteiger partial charge in [0.05, 0.1) is 35.8 Å². The molecule has 0 amide bonds. The molecule has 8 heteroatoms. The van der Waals surface area contributed by atoms with E-state index < -0.39 is 24.0 Å². The highest BCUT2D eigenvalue weighted by atomic mass is 19.1. The van der Waals surface area contributed by atoms with Crippen molar-refractivity contribution in [2.45, 2.75) is 45.4 Å². The number of hydrogen-bond acceptors (Lipinski definition) is 5. The molecule has 0 saturated carbocycles. The lowest BCUT2D eigenvalue weighted by Crippen LogP contribution is -2.41. The van der Waals surface area contributed by atoms with Crippen molar-refractivity contribution < 1.29 is 13.7 Å². The molecule has 24 heavy (non-hydrogen) atoms. The predicted molar refractivity (Wildman–Crippen MR) is 88.5 cm³/mol. The molecule has 3 rings (SSSR count). The smallest absolute Gasteiger partial charge is 0.398 e. The van der Waals surface area contributed by atoms with Crippen molar-refractivity contribution in [1.82, 2.24) is 19.7 Å². The maximum absolute atomic E-state index is 14.4.